The quantitative estimate of drug-likeness (QED) is 0.116. The lowest BCUT2D eigenvalue weighted by atomic mass is 10.0. The van der Waals surface area contributed by atoms with Crippen molar-refractivity contribution in [3.05, 3.63) is 92.0 Å². The average Bonchev–Trinajstić information content (AvgIpc) is 3.01. The molecule has 0 saturated carbocycles. The van der Waals surface area contributed by atoms with E-state index in [1.807, 2.05) is 46.6 Å². The first kappa shape index (κ1) is 62.5. The second kappa shape index (κ2) is 29.7. The lowest BCUT2D eigenvalue weighted by Gasteiger charge is -2.36. The Morgan fingerprint density at radius 1 is 0.566 bits per heavy atom. The van der Waals surface area contributed by atoms with Gasteiger partial charge in [-0.25, -0.2) is 34.7 Å². The number of morpholine rings is 2. The number of ether oxygens (including phenoxy) is 2. The van der Waals surface area contributed by atoms with Crippen LogP contribution in [0, 0.1) is 0 Å². The van der Waals surface area contributed by atoms with E-state index in [-0.39, 0.29) is 41.9 Å². The Hall–Kier alpha value is -8.11. The molecule has 2 fully saturated rings. The molecule has 11 heterocycles. The molecular weight excluding hydrogens is 1140 g/mol. The number of anilines is 3. The molecule has 6 aromatic heterocycles. The first-order valence-electron chi connectivity index (χ1n) is 26.9. The molecule has 83 heavy (non-hydrogen) atoms. The predicted octanol–water partition coefficient (Wildman–Crippen LogP) is 6.84. The number of carbonyl (C=O) groups excluding carboxylic acids is 7. The van der Waals surface area contributed by atoms with Crippen LogP contribution in [0.25, 0.3) is 45.6 Å². The number of rotatable bonds is 8. The molecular formula is C55H61Cl3N16O9. The Morgan fingerprint density at radius 2 is 0.976 bits per heavy atom. The van der Waals surface area contributed by atoms with E-state index >= 15 is 0 Å². The minimum atomic E-state index is -0.219. The van der Waals surface area contributed by atoms with Crippen molar-refractivity contribution in [2.45, 2.75) is 112 Å². The summed E-state index contributed by atoms with van der Waals surface area (Å²) in [4.78, 5) is 92.7. The Balaban J connectivity index is 0.000000175. The molecule has 28 heteroatoms. The normalized spacial score (nSPS) is 15.7. The summed E-state index contributed by atoms with van der Waals surface area (Å²) < 4.78 is 17.3. The molecule has 5 aliphatic heterocycles. The van der Waals surface area contributed by atoms with E-state index in [2.05, 4.69) is 102 Å². The van der Waals surface area contributed by atoms with E-state index in [9.17, 15) is 4.79 Å². The number of benzene rings is 1. The molecule has 0 radical (unpaired) electrons. The van der Waals surface area contributed by atoms with E-state index in [1.165, 1.54) is 11.1 Å². The number of hydrogen-bond donors (Lipinski definition) is 2. The third-order valence-corrected chi connectivity index (χ3v) is 14.6. The number of amides is 2. The second-order valence-electron chi connectivity index (χ2n) is 19.0. The van der Waals surface area contributed by atoms with Gasteiger partial charge in [-0.15, -0.1) is 0 Å². The topological polar surface area (TPSA) is 299 Å². The van der Waals surface area contributed by atoms with Gasteiger partial charge in [0.15, 0.2) is 5.82 Å². The number of fused-ring (bicyclic) bond motifs is 9. The largest absolute Gasteiger partial charge is 0.377 e. The summed E-state index contributed by atoms with van der Waals surface area (Å²) in [6, 6.07) is 14.3. The average molecular weight is 1200 g/mol. The van der Waals surface area contributed by atoms with Crippen molar-refractivity contribution >= 4 is 76.6 Å². The summed E-state index contributed by atoms with van der Waals surface area (Å²) in [5, 5.41) is 20.4. The van der Waals surface area contributed by atoms with Gasteiger partial charge in [-0.3, -0.25) is 14.0 Å². The molecule has 436 valence electrons. The van der Waals surface area contributed by atoms with Crippen molar-refractivity contribution < 1.29 is 43.0 Å². The Labute approximate surface area is 492 Å². The molecule has 12 rings (SSSR count). The number of urea groups is 1. The molecule has 0 spiro atoms. The number of nitrogens with zero attached hydrogens (tertiary/aromatic N) is 14. The van der Waals surface area contributed by atoms with E-state index in [1.54, 1.807) is 0 Å². The first-order valence-corrected chi connectivity index (χ1v) is 28.0. The zero-order valence-corrected chi connectivity index (χ0v) is 48.8. The minimum absolute atomic E-state index is 0.182. The third-order valence-electron chi connectivity index (χ3n) is 13.9. The maximum atomic E-state index is 11.9. The molecule has 5 aliphatic rings. The van der Waals surface area contributed by atoms with E-state index in [0.29, 0.717) is 42.6 Å². The molecule has 2 atom stereocenters. The number of halogens is 3. The van der Waals surface area contributed by atoms with Gasteiger partial charge in [0, 0.05) is 67.2 Å². The SMILES string of the molecule is CCNC(=O)Nc1ccc(-c2nc3c(c(N4CCOC[C@@H]4C)n2)CCn2nc(CC)cc2-3)cc1.CCc1cc2n(n1)CCc1c(Cl)nc(Cl)nc1-2.CCc1cc2n(n1)CCc1c-2nc(Cl)nc1N1CCOC[C@@H]1C.O=C=O.O=C=O.O=C=O. The maximum absolute atomic E-state index is 11.9. The predicted molar refractivity (Wildman–Crippen MR) is 302 cm³/mol. The second-order valence-corrected chi connectivity index (χ2v) is 20.1. The van der Waals surface area contributed by atoms with Gasteiger partial charge in [-0.05, 0) is 125 Å². The molecule has 2 amide bonds. The van der Waals surface area contributed by atoms with Crippen LogP contribution < -0.4 is 20.4 Å². The Morgan fingerprint density at radius 3 is 1.41 bits per heavy atom. The molecule has 7 aromatic rings. The monoisotopic (exact) mass is 1190 g/mol. The van der Waals surface area contributed by atoms with Gasteiger partial charge in [0.25, 0.3) is 0 Å². The lowest BCUT2D eigenvalue weighted by Crippen LogP contribution is -2.45. The number of aromatic nitrogens is 12. The molecule has 2 N–H and O–H groups in total. The van der Waals surface area contributed by atoms with Crippen LogP contribution in [0.4, 0.5) is 22.1 Å². The van der Waals surface area contributed by atoms with E-state index in [0.717, 1.165) is 158 Å². The minimum Gasteiger partial charge on any atom is -0.377 e. The summed E-state index contributed by atoms with van der Waals surface area (Å²) in [5.74, 6) is 2.62. The summed E-state index contributed by atoms with van der Waals surface area (Å²) in [6.45, 7) is 20.1. The van der Waals surface area contributed by atoms with Crippen LogP contribution in [-0.4, -0.2) is 142 Å². The smallest absolute Gasteiger partial charge is 0.373 e. The van der Waals surface area contributed by atoms with E-state index in [4.69, 9.17) is 88.1 Å². The van der Waals surface area contributed by atoms with Crippen molar-refractivity contribution in [2.75, 3.05) is 61.2 Å². The summed E-state index contributed by atoms with van der Waals surface area (Å²) in [6.07, 6.45) is 5.99. The summed E-state index contributed by atoms with van der Waals surface area (Å²) >= 11 is 18.2. The standard InChI is InChI=1S/C25H31N7O2.C16H20ClN5O.C11H10Cl2N4.3CO2/c1-4-18-14-21-22-20(10-11-32(21)30-18)24(31-12-13-34-15-16(31)3)29-23(28-22)17-6-8-19(9-7-17)27-25(33)26-5-2;1-3-11-8-13-14-12(4-5-22(13)20-11)15(19-16(17)18-14)21-6-7-23-9-10(21)2;1-2-6-5-8-9-7(3-4-17(8)16-6)10(12)15-11(13)14-9;3*2-1-3/h6-9,14,16H,4-5,10-13,15H2,1-3H3,(H2,26,27,33);8,10H,3-7,9H2,1-2H3;5H,2-4H2,1H3;;;/t16-;10-;;;;/m00..../s1. The number of hydrogen-bond acceptors (Lipinski definition) is 20. The van der Waals surface area contributed by atoms with Crippen LogP contribution in [0.1, 0.15) is 75.3 Å². The number of aryl methyl sites for hydroxylation is 6. The van der Waals surface area contributed by atoms with Gasteiger partial charge in [0.2, 0.25) is 10.6 Å². The lowest BCUT2D eigenvalue weighted by molar-refractivity contribution is -0.193. The van der Waals surface area contributed by atoms with Crippen molar-refractivity contribution in [1.29, 1.82) is 0 Å². The van der Waals surface area contributed by atoms with Crippen LogP contribution in [0.2, 0.25) is 15.7 Å². The van der Waals surface area contributed by atoms with Gasteiger partial charge >= 0.3 is 24.5 Å². The Kier molecular flexibility index (Phi) is 22.4. The fourth-order valence-electron chi connectivity index (χ4n) is 10.1. The molecule has 2 saturated heterocycles. The highest BCUT2D eigenvalue weighted by molar-refractivity contribution is 6.32. The van der Waals surface area contributed by atoms with Crippen LogP contribution >= 0.6 is 34.8 Å². The molecule has 25 nitrogen and oxygen atoms in total. The fraction of sp³-hybridized carbons (Fsp3) is 0.436. The summed E-state index contributed by atoms with van der Waals surface area (Å²) in [7, 11) is 0. The van der Waals surface area contributed by atoms with Crippen LogP contribution in [0.3, 0.4) is 0 Å². The number of nitrogens with one attached hydrogen (secondary N) is 2. The Bertz CT molecular complexity index is 3470. The molecule has 1 aromatic carbocycles. The van der Waals surface area contributed by atoms with Crippen molar-refractivity contribution in [2.24, 2.45) is 0 Å². The fourth-order valence-corrected chi connectivity index (χ4v) is 10.7. The van der Waals surface area contributed by atoms with Gasteiger partial charge < -0.3 is 29.9 Å². The highest BCUT2D eigenvalue weighted by Crippen LogP contribution is 2.39. The zero-order chi connectivity index (χ0) is 59.7. The van der Waals surface area contributed by atoms with Crippen molar-refractivity contribution in [3.8, 4) is 45.6 Å². The maximum Gasteiger partial charge on any atom is 0.373 e. The van der Waals surface area contributed by atoms with E-state index < -0.39 is 0 Å². The highest BCUT2D eigenvalue weighted by Gasteiger charge is 2.32. The zero-order valence-electron chi connectivity index (χ0n) is 46.6. The molecule has 0 unspecified atom stereocenters. The van der Waals surface area contributed by atoms with Crippen LogP contribution in [0.5, 0.6) is 0 Å². The van der Waals surface area contributed by atoms with Gasteiger partial charge in [0.05, 0.1) is 89.8 Å². The molecule has 0 aliphatic carbocycles. The highest BCUT2D eigenvalue weighted by atomic mass is 35.5. The van der Waals surface area contributed by atoms with Gasteiger partial charge in [-0.2, -0.15) is 44.1 Å². The first-order chi connectivity index (χ1) is 40.2. The van der Waals surface area contributed by atoms with Gasteiger partial charge in [0.1, 0.15) is 16.8 Å². The third kappa shape index (κ3) is 14.9. The van der Waals surface area contributed by atoms with Crippen LogP contribution in [-0.2, 0) is 96.4 Å². The van der Waals surface area contributed by atoms with Crippen molar-refractivity contribution in [3.63, 3.8) is 0 Å². The van der Waals surface area contributed by atoms with Crippen molar-refractivity contribution in [1.82, 2.24) is 64.6 Å². The van der Waals surface area contributed by atoms with Gasteiger partial charge in [-0.1, -0.05) is 32.4 Å². The summed E-state index contributed by atoms with van der Waals surface area (Å²) in [5.41, 5.74) is 14.0. The number of carbonyl (C=O) groups is 1. The molecule has 0 bridgehead atoms. The van der Waals surface area contributed by atoms with Crippen LogP contribution in [0.15, 0.2) is 42.5 Å².